The minimum atomic E-state index is -0.791. The van der Waals surface area contributed by atoms with E-state index in [1.165, 1.54) is 6.26 Å². The van der Waals surface area contributed by atoms with E-state index in [2.05, 4.69) is 15.3 Å². The highest BCUT2D eigenvalue weighted by Crippen LogP contribution is 2.24. The topological polar surface area (TPSA) is 97.5 Å². The number of carbonyl (C=O) groups is 1. The Morgan fingerprint density at radius 3 is 3.04 bits per heavy atom. The van der Waals surface area contributed by atoms with Crippen molar-refractivity contribution in [3.8, 4) is 5.75 Å². The van der Waals surface area contributed by atoms with E-state index in [4.69, 9.17) is 9.15 Å². The molecule has 0 spiro atoms. The molecular weight excluding hydrogens is 298 g/mol. The van der Waals surface area contributed by atoms with E-state index in [0.29, 0.717) is 18.1 Å². The van der Waals surface area contributed by atoms with Crippen LogP contribution in [-0.4, -0.2) is 39.2 Å². The quantitative estimate of drug-likeness (QED) is 0.886. The van der Waals surface area contributed by atoms with Crippen LogP contribution in [0.25, 0.3) is 0 Å². The van der Waals surface area contributed by atoms with Gasteiger partial charge >= 0.3 is 0 Å². The van der Waals surface area contributed by atoms with Crippen molar-refractivity contribution >= 4 is 5.91 Å². The van der Waals surface area contributed by atoms with Gasteiger partial charge in [0.2, 0.25) is 0 Å². The maximum atomic E-state index is 12.1. The van der Waals surface area contributed by atoms with Crippen LogP contribution in [0.5, 0.6) is 5.75 Å². The number of hydrogen-bond donors (Lipinski definition) is 2. The molecule has 2 aromatic heterocycles. The fraction of sp³-hybridized carbons (Fsp3) is 0.438. The van der Waals surface area contributed by atoms with Gasteiger partial charge in [-0.05, 0) is 31.4 Å². The number of aliphatic hydroxyl groups is 1. The number of aromatic nitrogens is 2. The molecule has 1 saturated carbocycles. The molecule has 0 saturated heterocycles. The highest BCUT2D eigenvalue weighted by atomic mass is 16.5. The fourth-order valence-corrected chi connectivity index (χ4v) is 2.73. The number of oxazole rings is 1. The molecule has 2 N–H and O–H groups in total. The summed E-state index contributed by atoms with van der Waals surface area (Å²) >= 11 is 0. The van der Waals surface area contributed by atoms with Gasteiger partial charge < -0.3 is 19.6 Å². The van der Waals surface area contributed by atoms with Crippen LogP contribution in [0.4, 0.5) is 0 Å². The van der Waals surface area contributed by atoms with Gasteiger partial charge in [-0.25, -0.2) is 4.98 Å². The molecule has 0 aliphatic heterocycles. The maximum Gasteiger partial charge on any atom is 0.273 e. The number of aliphatic hydroxyl groups excluding tert-OH is 1. The number of rotatable bonds is 4. The third kappa shape index (κ3) is 3.68. The summed E-state index contributed by atoms with van der Waals surface area (Å²) in [7, 11) is 0. The second-order valence-electron chi connectivity index (χ2n) is 5.60. The molecule has 0 bridgehead atoms. The van der Waals surface area contributed by atoms with Crippen LogP contribution < -0.4 is 10.1 Å². The second-order valence-corrected chi connectivity index (χ2v) is 5.60. The summed E-state index contributed by atoms with van der Waals surface area (Å²) in [6, 6.07) is 3.19. The first-order chi connectivity index (χ1) is 11.1. The van der Waals surface area contributed by atoms with Crippen molar-refractivity contribution in [2.45, 2.75) is 44.4 Å². The Morgan fingerprint density at radius 2 is 2.35 bits per heavy atom. The zero-order valence-corrected chi connectivity index (χ0v) is 12.8. The molecule has 3 atom stereocenters. The fourth-order valence-electron chi connectivity index (χ4n) is 2.73. The molecule has 1 amide bonds. The average molecular weight is 317 g/mol. The van der Waals surface area contributed by atoms with Crippen LogP contribution >= 0.6 is 0 Å². The number of pyridine rings is 1. The van der Waals surface area contributed by atoms with E-state index in [0.717, 1.165) is 12.8 Å². The lowest BCUT2D eigenvalue weighted by Crippen LogP contribution is -2.52. The number of amides is 1. The first-order valence-corrected chi connectivity index (χ1v) is 7.61. The van der Waals surface area contributed by atoms with Crippen LogP contribution in [0.2, 0.25) is 0 Å². The summed E-state index contributed by atoms with van der Waals surface area (Å²) in [6.07, 6.45) is 5.68. The summed E-state index contributed by atoms with van der Waals surface area (Å²) < 4.78 is 10.8. The molecule has 1 aliphatic carbocycles. The van der Waals surface area contributed by atoms with Crippen molar-refractivity contribution in [3.63, 3.8) is 0 Å². The third-order valence-electron chi connectivity index (χ3n) is 3.89. The molecule has 0 aromatic carbocycles. The molecule has 122 valence electrons. The minimum Gasteiger partial charge on any atom is -0.486 e. The lowest BCUT2D eigenvalue weighted by Gasteiger charge is -2.35. The summed E-state index contributed by atoms with van der Waals surface area (Å²) in [5, 5.41) is 13.3. The molecule has 2 aromatic rings. The Morgan fingerprint density at radius 1 is 1.48 bits per heavy atom. The van der Waals surface area contributed by atoms with E-state index >= 15 is 0 Å². The van der Waals surface area contributed by atoms with Crippen molar-refractivity contribution in [1.82, 2.24) is 15.3 Å². The third-order valence-corrected chi connectivity index (χ3v) is 3.89. The first kappa shape index (κ1) is 15.5. The van der Waals surface area contributed by atoms with Gasteiger partial charge in [-0.2, -0.15) is 0 Å². The smallest absolute Gasteiger partial charge is 0.273 e. The first-order valence-electron chi connectivity index (χ1n) is 7.61. The van der Waals surface area contributed by atoms with Gasteiger partial charge in [-0.15, -0.1) is 0 Å². The number of ether oxygens (including phenoxy) is 1. The average Bonchev–Trinajstić information content (AvgIpc) is 2.99. The molecule has 7 nitrogen and oxygen atoms in total. The lowest BCUT2D eigenvalue weighted by molar-refractivity contribution is -0.0142. The Bertz CT molecular complexity index is 658. The van der Waals surface area contributed by atoms with E-state index in [1.807, 2.05) is 0 Å². The predicted octanol–water partition coefficient (Wildman–Crippen LogP) is 1.47. The van der Waals surface area contributed by atoms with Crippen LogP contribution in [0.3, 0.4) is 0 Å². The van der Waals surface area contributed by atoms with E-state index in [-0.39, 0.29) is 23.7 Å². The molecule has 1 aliphatic rings. The lowest BCUT2D eigenvalue weighted by atomic mass is 9.89. The van der Waals surface area contributed by atoms with Gasteiger partial charge in [-0.1, -0.05) is 0 Å². The number of nitrogens with zero attached hydrogens (tertiary/aromatic N) is 2. The zero-order valence-electron chi connectivity index (χ0n) is 12.8. The van der Waals surface area contributed by atoms with Crippen LogP contribution in [0, 0.1) is 6.92 Å². The Balaban J connectivity index is 1.63. The highest BCUT2D eigenvalue weighted by Gasteiger charge is 2.34. The van der Waals surface area contributed by atoms with Crippen molar-refractivity contribution in [1.29, 1.82) is 0 Å². The number of aryl methyl sites for hydroxylation is 1. The molecule has 1 fully saturated rings. The normalized spacial score (nSPS) is 24.2. The number of nitrogens with one attached hydrogen (secondary N) is 1. The van der Waals surface area contributed by atoms with Crippen LogP contribution in [-0.2, 0) is 0 Å². The minimum absolute atomic E-state index is 0.213. The van der Waals surface area contributed by atoms with E-state index in [9.17, 15) is 9.90 Å². The Labute approximate surface area is 133 Å². The molecule has 7 heteroatoms. The van der Waals surface area contributed by atoms with Gasteiger partial charge in [0.05, 0.1) is 12.2 Å². The van der Waals surface area contributed by atoms with Crippen molar-refractivity contribution < 1.29 is 19.1 Å². The highest BCUT2D eigenvalue weighted by molar-refractivity contribution is 5.92. The summed E-state index contributed by atoms with van der Waals surface area (Å²) in [6.45, 7) is 1.67. The van der Waals surface area contributed by atoms with Crippen molar-refractivity contribution in [3.05, 3.63) is 42.4 Å². The molecule has 0 unspecified atom stereocenters. The number of carbonyl (C=O) groups excluding carboxylic acids is 1. The monoisotopic (exact) mass is 317 g/mol. The van der Waals surface area contributed by atoms with Gasteiger partial charge in [0, 0.05) is 13.1 Å². The van der Waals surface area contributed by atoms with E-state index in [1.54, 1.807) is 31.5 Å². The molecule has 2 heterocycles. The molecule has 0 radical (unpaired) electrons. The second kappa shape index (κ2) is 6.78. The largest absolute Gasteiger partial charge is 0.486 e. The molecule has 23 heavy (non-hydrogen) atoms. The molecular formula is C16H19N3O4. The summed E-state index contributed by atoms with van der Waals surface area (Å²) in [4.78, 5) is 20.1. The maximum absolute atomic E-state index is 12.1. The standard InChI is InChI=1S/C16H19N3O4/c1-10-18-13(9-22-10)16(21)19-12-5-2-6-14(15(12)20)23-11-4-3-7-17-8-11/h3-4,7-9,12,14-15,20H,2,5-6H2,1H3,(H,19,21)/t12-,14-,15-/m1/s1. The van der Waals surface area contributed by atoms with Gasteiger partial charge in [0.25, 0.3) is 5.91 Å². The van der Waals surface area contributed by atoms with E-state index < -0.39 is 6.10 Å². The Kier molecular flexibility index (Phi) is 4.57. The van der Waals surface area contributed by atoms with Gasteiger partial charge in [0.15, 0.2) is 11.6 Å². The summed E-state index contributed by atoms with van der Waals surface area (Å²) in [5.41, 5.74) is 0.213. The number of hydrogen-bond acceptors (Lipinski definition) is 6. The zero-order chi connectivity index (χ0) is 16.2. The van der Waals surface area contributed by atoms with Crippen LogP contribution in [0.1, 0.15) is 35.6 Å². The van der Waals surface area contributed by atoms with Crippen LogP contribution in [0.15, 0.2) is 35.2 Å². The predicted molar refractivity (Wildman–Crippen MR) is 81.0 cm³/mol. The Hall–Kier alpha value is -2.41. The molecule has 3 rings (SSSR count). The van der Waals surface area contributed by atoms with Crippen molar-refractivity contribution in [2.75, 3.05) is 0 Å². The van der Waals surface area contributed by atoms with Gasteiger partial charge in [0.1, 0.15) is 24.2 Å². The van der Waals surface area contributed by atoms with Crippen molar-refractivity contribution in [2.24, 2.45) is 0 Å². The van der Waals surface area contributed by atoms with Gasteiger partial charge in [-0.3, -0.25) is 9.78 Å². The summed E-state index contributed by atoms with van der Waals surface area (Å²) in [5.74, 6) is 0.681. The SMILES string of the molecule is Cc1nc(C(=O)N[C@@H]2CCC[C@@H](Oc3cccnc3)[C@@H]2O)co1.